The lowest BCUT2D eigenvalue weighted by Gasteiger charge is -2.35. The van der Waals surface area contributed by atoms with Crippen LogP contribution in [0, 0.1) is 47.3 Å². The number of hydrogen-bond acceptors (Lipinski definition) is 25. The Balaban J connectivity index is 0.000000270. The van der Waals surface area contributed by atoms with E-state index < -0.39 is 106 Å². The van der Waals surface area contributed by atoms with Gasteiger partial charge in [-0.15, -0.1) is 24.5 Å². The van der Waals surface area contributed by atoms with Crippen LogP contribution in [-0.2, 0) is 63.7 Å². The van der Waals surface area contributed by atoms with E-state index in [9.17, 15) is 52.7 Å². The van der Waals surface area contributed by atoms with Crippen molar-refractivity contribution in [3.63, 3.8) is 0 Å². The largest absolute Gasteiger partial charge is 0.496 e. The molecule has 0 unspecified atom stereocenters. The molecule has 5 aromatic rings. The molecule has 10 atom stereocenters. The summed E-state index contributed by atoms with van der Waals surface area (Å²) in [6, 6.07) is 6.31. The van der Waals surface area contributed by atoms with Gasteiger partial charge in [0.25, 0.3) is 0 Å². The van der Waals surface area contributed by atoms with Crippen LogP contribution < -0.4 is 51.3 Å². The maximum absolute atomic E-state index is 14.7. The monoisotopic (exact) mass is 1850 g/mol. The molecule has 0 bridgehead atoms. The van der Waals surface area contributed by atoms with Crippen LogP contribution in [0.25, 0.3) is 33.2 Å². The number of nitrogens with zero attached hydrogens (tertiary/aromatic N) is 5. The highest BCUT2D eigenvalue weighted by atomic mass is 79.9. The van der Waals surface area contributed by atoms with E-state index in [1.165, 1.54) is 35.4 Å². The number of nitrogens with two attached hydrogens (primary N) is 1. The second kappa shape index (κ2) is 42.8. The number of pyridine rings is 2. The van der Waals surface area contributed by atoms with Gasteiger partial charge in [0, 0.05) is 83.0 Å². The molecule has 690 valence electrons. The zero-order chi connectivity index (χ0) is 93.6. The third-order valence-corrected chi connectivity index (χ3v) is 24.0. The number of amides is 7. The Kier molecular flexibility index (Phi) is 34.5. The average molecular weight is 1850 g/mol. The van der Waals surface area contributed by atoms with Gasteiger partial charge in [0.15, 0.2) is 10.9 Å². The molecule has 34 heteroatoms. The number of aryl methyl sites for hydroxylation is 2. The van der Waals surface area contributed by atoms with Crippen molar-refractivity contribution in [2.24, 2.45) is 39.2 Å². The second-order valence-electron chi connectivity index (χ2n) is 37.9. The number of alkyl carbamates (subject to hydrolysis) is 2. The van der Waals surface area contributed by atoms with Crippen molar-refractivity contribution in [3.8, 4) is 34.4 Å². The first kappa shape index (κ1) is 101. The van der Waals surface area contributed by atoms with Crippen LogP contribution in [0.2, 0.25) is 0 Å². The van der Waals surface area contributed by atoms with E-state index in [-0.39, 0.29) is 107 Å². The van der Waals surface area contributed by atoms with E-state index in [4.69, 9.17) is 58.7 Å². The first-order valence-corrected chi connectivity index (χ1v) is 45.1. The number of methoxy groups -OCH3 is 4. The molecule has 11 rings (SSSR count). The number of hydrogen-bond donors (Lipinski definition) is 7. The molecule has 7 amide bonds. The van der Waals surface area contributed by atoms with Gasteiger partial charge in [0.05, 0.1) is 70.0 Å². The summed E-state index contributed by atoms with van der Waals surface area (Å²) in [4.78, 5) is 164. The van der Waals surface area contributed by atoms with Gasteiger partial charge >= 0.3 is 24.1 Å². The number of thiocarbonyl (C=S) groups is 1. The van der Waals surface area contributed by atoms with Crippen molar-refractivity contribution in [2.75, 3.05) is 46.9 Å². The molecule has 0 radical (unpaired) electrons. The fraction of sp³-hybridized carbons (Fsp3) is 0.598. The Morgan fingerprint density at radius 1 is 0.611 bits per heavy atom. The van der Waals surface area contributed by atoms with Crippen LogP contribution in [0.3, 0.4) is 0 Å². The molecule has 2 aliphatic heterocycles. The van der Waals surface area contributed by atoms with E-state index in [2.05, 4.69) is 72.9 Å². The first-order chi connectivity index (χ1) is 59.0. The molecule has 6 fully saturated rings. The van der Waals surface area contributed by atoms with Crippen molar-refractivity contribution in [3.05, 3.63) is 88.9 Å². The number of Topliss-reactive ketones (excluding diaryl/α,β-unsaturated/α-hetero) is 2. The maximum atomic E-state index is 14.7. The number of aliphatic hydroxyl groups is 1. The molecular formula is C92H128BrN11O20S2. The number of carbonyl (C=O) groups excluding carboxylic acids is 11. The number of thiazole rings is 1. The number of likely N-dealkylation sites (tertiary alicyclic amines) is 2. The Bertz CT molecular complexity index is 4860. The summed E-state index contributed by atoms with van der Waals surface area (Å²) in [6.45, 7) is 37.7. The molecule has 31 nitrogen and oxygen atoms in total. The summed E-state index contributed by atoms with van der Waals surface area (Å²) in [5.41, 5.74) is 4.68. The van der Waals surface area contributed by atoms with Gasteiger partial charge in [-0.1, -0.05) is 111 Å². The number of esters is 2. The second-order valence-corrected chi connectivity index (χ2v) is 39.9. The summed E-state index contributed by atoms with van der Waals surface area (Å²) in [6.07, 6.45) is 8.55. The van der Waals surface area contributed by atoms with E-state index in [1.807, 2.05) is 114 Å². The number of nitrogens with one attached hydrogen (secondary N) is 5. The van der Waals surface area contributed by atoms with Crippen LogP contribution in [0.4, 0.5) is 9.59 Å². The summed E-state index contributed by atoms with van der Waals surface area (Å²) in [7, 11) is 5.65. The highest BCUT2D eigenvalue weighted by Crippen LogP contribution is 2.48. The molecule has 6 aliphatic rings. The number of rotatable bonds is 27. The standard InChI is InChI=1S/C45H59N5O9S.C37H47BrN4O9.C7H14N2OS.C3H8O/c1-11-26-21-45(26,41(54)57-10)49-39(52)33-19-29(23-50(33)40(53)38(44(6,7)8)48-42(55)59-28-14-12-13-15-28)58-35-20-31(47-37-25(2)34(56-9)17-16-30(35)37)32-24-60-36(46-32)18-27(51)22-43(3,4)5;1-8-21-17-37(21,34(46)49-7)41-32(44)26-15-23(19-42(26)33(45)31(36(3,4)5)40-35(47)51-22-11-9-10-12-22)50-29-16-25(27(43)18-38)39-30-20(2)28(48-6)14-13-24(29)30;1-7(2,3)4-5(10)9-6(8)11;1-3(2)4/h11,16-17,20,24,26,28-29,33,38H,1,12-15,18-19,21-23H2,2-10H3,(H,48,55)(H,49,52);8,13-14,16,21-23,26,31H,1,9-12,15,17-19H2,2-7H3,(H,40,47)(H,41,44);4H2,1-3H3,(H3,8,9,10,11);3-4H,1-2H3/t26-,29-,33+,38-,45-;21-,23-,26+,31-,37-;;/m11../s1. The molecule has 8 N–H and O–H groups in total. The normalized spacial score (nSPS) is 21.4. The van der Waals surface area contributed by atoms with E-state index in [0.717, 1.165) is 56.9 Å². The van der Waals surface area contributed by atoms with Gasteiger partial charge in [-0.25, -0.2) is 34.1 Å². The number of ketones is 2. The van der Waals surface area contributed by atoms with Crippen LogP contribution in [0.15, 0.2) is 67.1 Å². The predicted octanol–water partition coefficient (Wildman–Crippen LogP) is 12.9. The van der Waals surface area contributed by atoms with Gasteiger partial charge in [0.1, 0.15) is 105 Å². The zero-order valence-corrected chi connectivity index (χ0v) is 79.6. The van der Waals surface area contributed by atoms with Crippen LogP contribution in [0.5, 0.6) is 23.0 Å². The van der Waals surface area contributed by atoms with E-state index in [1.54, 1.807) is 64.5 Å². The quantitative estimate of drug-likeness (QED) is 0.00641. The summed E-state index contributed by atoms with van der Waals surface area (Å²) in [5.74, 6) is -2.27. The van der Waals surface area contributed by atoms with Gasteiger partial charge in [-0.05, 0) is 150 Å². The first-order valence-electron chi connectivity index (χ1n) is 42.7. The van der Waals surface area contributed by atoms with Crippen LogP contribution in [0.1, 0.15) is 213 Å². The number of ether oxygens (including phenoxy) is 8. The van der Waals surface area contributed by atoms with Crippen molar-refractivity contribution in [1.82, 2.24) is 51.3 Å². The number of aromatic nitrogens is 3. The fourth-order valence-electron chi connectivity index (χ4n) is 16.1. The van der Waals surface area contributed by atoms with Crippen molar-refractivity contribution in [2.45, 2.75) is 273 Å². The predicted molar refractivity (Wildman–Crippen MR) is 486 cm³/mol. The number of aliphatic hydroxyl groups excluding tert-OH is 1. The van der Waals surface area contributed by atoms with Gasteiger partial charge in [-0.2, -0.15) is 0 Å². The SMILES string of the molecule is C=C[C@@H]1C[C@]1(NC(=O)[C@@H]1C[C@@H](Oc2cc(-c3csc(CC(=O)CC(C)(C)C)n3)nc3c(C)c(OC)ccc23)CN1C(=O)[C@@H](NC(=O)OC1CCCC1)C(C)(C)C)C(=O)OC.C=C[C@@H]1C[C@]1(NC(=O)[C@@H]1C[C@@H](Oc2cc(C(=O)CBr)nc3c(C)c(OC)ccc23)CN1C(=O)[C@@H](NC(=O)OC1CCCC1)C(C)(C)C)C(=O)OC.CC(C)(C)CC(=O)NC(N)=S.CC(C)O. The molecule has 126 heavy (non-hydrogen) atoms. The number of carbonyl (C=O) groups is 11. The third kappa shape index (κ3) is 26.4. The van der Waals surface area contributed by atoms with Gasteiger partial charge in [0.2, 0.25) is 29.5 Å². The number of benzene rings is 2. The summed E-state index contributed by atoms with van der Waals surface area (Å²) < 4.78 is 45.9. The Hall–Kier alpha value is -9.93. The van der Waals surface area contributed by atoms with Gasteiger partial charge < -0.3 is 85.1 Å². The van der Waals surface area contributed by atoms with Gasteiger partial charge in [-0.3, -0.25) is 33.6 Å². The molecule has 5 heterocycles. The molecule has 0 spiro atoms. The Labute approximate surface area is 756 Å². The van der Waals surface area contributed by atoms with Crippen LogP contribution in [-0.4, -0.2) is 213 Å². The minimum atomic E-state index is -1.30. The lowest BCUT2D eigenvalue weighted by molar-refractivity contribution is -0.149. The molecule has 2 saturated heterocycles. The van der Waals surface area contributed by atoms with Crippen molar-refractivity contribution in [1.29, 1.82) is 0 Å². The zero-order valence-electron chi connectivity index (χ0n) is 76.4. The molecule has 3 aromatic heterocycles. The third-order valence-electron chi connectivity index (χ3n) is 22.6. The summed E-state index contributed by atoms with van der Waals surface area (Å²) in [5, 5.41) is 25.7. The van der Waals surface area contributed by atoms with E-state index >= 15 is 0 Å². The minimum absolute atomic E-state index is 0.00993. The number of halogens is 1. The molecular weight excluding hydrogens is 1720 g/mol. The maximum Gasteiger partial charge on any atom is 0.408 e. The van der Waals surface area contributed by atoms with E-state index in [0.29, 0.717) is 92.4 Å². The lowest BCUT2D eigenvalue weighted by Crippen LogP contribution is -2.59. The van der Waals surface area contributed by atoms with Crippen molar-refractivity contribution < 1.29 is 95.7 Å². The Morgan fingerprint density at radius 3 is 1.39 bits per heavy atom. The summed E-state index contributed by atoms with van der Waals surface area (Å²) >= 11 is 9.12. The van der Waals surface area contributed by atoms with Crippen LogP contribution >= 0.6 is 39.5 Å². The molecule has 4 saturated carbocycles. The average Bonchev–Trinajstić information content (AvgIpc) is 1.58. The topological polar surface area (TPSA) is 413 Å². The molecule has 2 aromatic carbocycles. The Morgan fingerprint density at radius 2 is 1.02 bits per heavy atom. The minimum Gasteiger partial charge on any atom is -0.496 e. The fourth-order valence-corrected chi connectivity index (χ4v) is 17.3. The highest BCUT2D eigenvalue weighted by Gasteiger charge is 2.63. The van der Waals surface area contributed by atoms with Crippen molar-refractivity contribution >= 4 is 132 Å². The number of alkyl halides is 1. The lowest BCUT2D eigenvalue weighted by atomic mass is 9.85. The number of fused-ring (bicyclic) bond motifs is 2. The molecule has 4 aliphatic carbocycles. The highest BCUT2D eigenvalue weighted by molar-refractivity contribution is 9.09. The smallest absolute Gasteiger partial charge is 0.408 e.